The highest BCUT2D eigenvalue weighted by molar-refractivity contribution is 5.85. The summed E-state index contributed by atoms with van der Waals surface area (Å²) in [6.07, 6.45) is 1.59. The zero-order valence-corrected chi connectivity index (χ0v) is 5.29. The molecule has 10 heavy (non-hydrogen) atoms. The molecule has 0 aliphatic rings. The van der Waals surface area contributed by atoms with Crippen molar-refractivity contribution in [2.24, 2.45) is 5.73 Å². The Morgan fingerprint density at radius 3 is 2.80 bits per heavy atom. The third kappa shape index (κ3) is 1.16. The molecule has 0 saturated heterocycles. The number of hydrogen-bond acceptors (Lipinski definition) is 2. The quantitative estimate of drug-likeness (QED) is 0.548. The van der Waals surface area contributed by atoms with Gasteiger partial charge in [0.15, 0.2) is 0 Å². The summed E-state index contributed by atoms with van der Waals surface area (Å²) in [5, 5.41) is 8.42. The predicted octanol–water partition coefficient (Wildman–Crippen LogP) is 0.172. The number of nitrogens with two attached hydrogens (primary N) is 1. The summed E-state index contributed by atoms with van der Waals surface area (Å²) in [5.74, 6) is -0.959. The Balaban J connectivity index is 2.88. The smallest absolute Gasteiger partial charge is 0.352 e. The van der Waals surface area contributed by atoms with Gasteiger partial charge in [-0.15, -0.1) is 0 Å². The monoisotopic (exact) mass is 140 g/mol. The molecule has 0 aliphatic heterocycles. The minimum Gasteiger partial charge on any atom is -0.477 e. The fourth-order valence-corrected chi connectivity index (χ4v) is 0.681. The van der Waals surface area contributed by atoms with E-state index >= 15 is 0 Å². The van der Waals surface area contributed by atoms with E-state index in [-0.39, 0.29) is 5.69 Å². The number of aromatic amines is 1. The van der Waals surface area contributed by atoms with Crippen molar-refractivity contribution in [3.8, 4) is 0 Å². The van der Waals surface area contributed by atoms with Gasteiger partial charge in [0.2, 0.25) is 0 Å². The summed E-state index contributed by atoms with van der Waals surface area (Å²) < 4.78 is 0. The average Bonchev–Trinajstić information content (AvgIpc) is 2.34. The van der Waals surface area contributed by atoms with Crippen LogP contribution in [-0.2, 0) is 6.54 Å². The summed E-state index contributed by atoms with van der Waals surface area (Å²) in [7, 11) is 0. The number of hydrogen-bond donors (Lipinski definition) is 3. The molecule has 0 aromatic carbocycles. The fraction of sp³-hybridized carbons (Fsp3) is 0.167. The van der Waals surface area contributed by atoms with Gasteiger partial charge >= 0.3 is 5.97 Å². The van der Waals surface area contributed by atoms with Crippen LogP contribution in [0.2, 0.25) is 0 Å². The first kappa shape index (κ1) is 6.82. The highest BCUT2D eigenvalue weighted by Gasteiger charge is 2.03. The molecule has 1 rings (SSSR count). The number of aromatic carboxylic acids is 1. The Hall–Kier alpha value is -1.29. The van der Waals surface area contributed by atoms with Crippen LogP contribution in [0.25, 0.3) is 0 Å². The van der Waals surface area contributed by atoms with Gasteiger partial charge < -0.3 is 15.8 Å². The molecular weight excluding hydrogens is 132 g/mol. The van der Waals surface area contributed by atoms with E-state index in [1.807, 2.05) is 0 Å². The number of H-pyrrole nitrogens is 1. The van der Waals surface area contributed by atoms with Crippen molar-refractivity contribution in [1.29, 1.82) is 0 Å². The summed E-state index contributed by atoms with van der Waals surface area (Å²) in [5.41, 5.74) is 6.23. The molecule has 0 radical (unpaired) electrons. The molecule has 0 bridgehead atoms. The van der Waals surface area contributed by atoms with E-state index < -0.39 is 5.97 Å². The van der Waals surface area contributed by atoms with Crippen molar-refractivity contribution >= 4 is 5.97 Å². The molecule has 1 aromatic heterocycles. The number of aromatic nitrogens is 1. The van der Waals surface area contributed by atoms with Gasteiger partial charge in [0.05, 0.1) is 0 Å². The van der Waals surface area contributed by atoms with E-state index in [1.54, 1.807) is 6.20 Å². The molecule has 1 aromatic rings. The molecule has 0 atom stereocenters. The zero-order valence-electron chi connectivity index (χ0n) is 5.29. The normalized spacial score (nSPS) is 9.70. The lowest BCUT2D eigenvalue weighted by molar-refractivity contribution is 0.0691. The van der Waals surface area contributed by atoms with Crippen LogP contribution in [0.3, 0.4) is 0 Å². The Kier molecular flexibility index (Phi) is 1.73. The number of carbonyl (C=O) groups is 1. The first-order valence-electron chi connectivity index (χ1n) is 2.84. The first-order chi connectivity index (χ1) is 4.74. The van der Waals surface area contributed by atoms with Crippen LogP contribution in [0, 0.1) is 0 Å². The van der Waals surface area contributed by atoms with Gasteiger partial charge in [-0.2, -0.15) is 0 Å². The lowest BCUT2D eigenvalue weighted by Crippen LogP contribution is -1.96. The number of carboxylic acid groups (broad SMARTS) is 1. The molecule has 0 unspecified atom stereocenters. The Labute approximate surface area is 57.7 Å². The summed E-state index contributed by atoms with van der Waals surface area (Å²) in [4.78, 5) is 12.8. The molecule has 0 aliphatic carbocycles. The SMILES string of the molecule is NCc1c[nH]c(C(=O)O)c1. The van der Waals surface area contributed by atoms with Crippen molar-refractivity contribution in [3.05, 3.63) is 23.5 Å². The number of rotatable bonds is 2. The predicted molar refractivity (Wildman–Crippen MR) is 35.6 cm³/mol. The molecule has 4 nitrogen and oxygen atoms in total. The summed E-state index contributed by atoms with van der Waals surface area (Å²) >= 11 is 0. The lowest BCUT2D eigenvalue weighted by atomic mass is 10.3. The van der Waals surface area contributed by atoms with Gasteiger partial charge in [0.1, 0.15) is 5.69 Å². The molecule has 54 valence electrons. The second-order valence-corrected chi connectivity index (χ2v) is 1.93. The van der Waals surface area contributed by atoms with Crippen molar-refractivity contribution in [1.82, 2.24) is 4.98 Å². The minimum absolute atomic E-state index is 0.181. The minimum atomic E-state index is -0.959. The van der Waals surface area contributed by atoms with E-state index in [1.165, 1.54) is 6.07 Å². The maximum atomic E-state index is 10.3. The maximum absolute atomic E-state index is 10.3. The first-order valence-corrected chi connectivity index (χ1v) is 2.84. The van der Waals surface area contributed by atoms with Gasteiger partial charge in [0, 0.05) is 12.7 Å². The van der Waals surface area contributed by atoms with E-state index in [2.05, 4.69) is 4.98 Å². The highest BCUT2D eigenvalue weighted by Crippen LogP contribution is 2.01. The molecule has 0 fully saturated rings. The fourth-order valence-electron chi connectivity index (χ4n) is 0.681. The Morgan fingerprint density at radius 1 is 1.80 bits per heavy atom. The Bertz CT molecular complexity index is 242. The number of nitrogens with one attached hydrogen (secondary N) is 1. The van der Waals surface area contributed by atoms with E-state index in [0.29, 0.717) is 6.54 Å². The van der Waals surface area contributed by atoms with Crippen LogP contribution in [0.5, 0.6) is 0 Å². The Morgan fingerprint density at radius 2 is 2.50 bits per heavy atom. The second-order valence-electron chi connectivity index (χ2n) is 1.93. The van der Waals surface area contributed by atoms with Crippen LogP contribution in [-0.4, -0.2) is 16.1 Å². The van der Waals surface area contributed by atoms with Crippen LogP contribution < -0.4 is 5.73 Å². The second kappa shape index (κ2) is 2.53. The van der Waals surface area contributed by atoms with E-state index in [9.17, 15) is 4.79 Å². The molecule has 0 amide bonds. The van der Waals surface area contributed by atoms with Crippen LogP contribution in [0.4, 0.5) is 0 Å². The molecule has 1 heterocycles. The standard InChI is InChI=1S/C6H8N2O2/c7-2-4-1-5(6(9)10)8-3-4/h1,3,8H,2,7H2,(H,9,10). The van der Waals surface area contributed by atoms with Crippen molar-refractivity contribution in [3.63, 3.8) is 0 Å². The van der Waals surface area contributed by atoms with Gasteiger partial charge in [-0.25, -0.2) is 4.79 Å². The zero-order chi connectivity index (χ0) is 7.56. The van der Waals surface area contributed by atoms with Crippen LogP contribution in [0.1, 0.15) is 16.1 Å². The van der Waals surface area contributed by atoms with Gasteiger partial charge in [-0.1, -0.05) is 0 Å². The summed E-state index contributed by atoms with van der Waals surface area (Å²) in [6, 6.07) is 1.52. The molecule has 4 N–H and O–H groups in total. The average molecular weight is 140 g/mol. The van der Waals surface area contributed by atoms with Gasteiger partial charge in [-0.05, 0) is 11.6 Å². The highest BCUT2D eigenvalue weighted by atomic mass is 16.4. The lowest BCUT2D eigenvalue weighted by Gasteiger charge is -1.83. The van der Waals surface area contributed by atoms with Gasteiger partial charge in [-0.3, -0.25) is 0 Å². The van der Waals surface area contributed by atoms with Crippen LogP contribution in [0.15, 0.2) is 12.3 Å². The van der Waals surface area contributed by atoms with Crippen molar-refractivity contribution in [2.75, 3.05) is 0 Å². The van der Waals surface area contributed by atoms with Crippen LogP contribution >= 0.6 is 0 Å². The van der Waals surface area contributed by atoms with Crippen molar-refractivity contribution in [2.45, 2.75) is 6.54 Å². The van der Waals surface area contributed by atoms with E-state index in [0.717, 1.165) is 5.56 Å². The molecule has 4 heteroatoms. The third-order valence-electron chi connectivity index (χ3n) is 1.21. The maximum Gasteiger partial charge on any atom is 0.352 e. The topological polar surface area (TPSA) is 79.1 Å². The number of carboxylic acids is 1. The largest absolute Gasteiger partial charge is 0.477 e. The summed E-state index contributed by atoms with van der Waals surface area (Å²) in [6.45, 7) is 0.365. The molecule has 0 saturated carbocycles. The third-order valence-corrected chi connectivity index (χ3v) is 1.21. The molecular formula is C6H8N2O2. The van der Waals surface area contributed by atoms with Crippen molar-refractivity contribution < 1.29 is 9.90 Å². The van der Waals surface area contributed by atoms with E-state index in [4.69, 9.17) is 10.8 Å². The van der Waals surface area contributed by atoms with Gasteiger partial charge in [0.25, 0.3) is 0 Å². The molecule has 0 spiro atoms.